The van der Waals surface area contributed by atoms with Crippen molar-refractivity contribution < 1.29 is 4.39 Å². The fraction of sp³-hybridized carbons (Fsp3) is 0.600. The summed E-state index contributed by atoms with van der Waals surface area (Å²) in [6, 6.07) is 3.18. The van der Waals surface area contributed by atoms with E-state index in [0.717, 1.165) is 18.7 Å². The molecule has 0 bridgehead atoms. The summed E-state index contributed by atoms with van der Waals surface area (Å²) in [6.45, 7) is 7.09. The highest BCUT2D eigenvalue weighted by Crippen LogP contribution is 2.23. The molecular weight excluding hydrogens is 227 g/mol. The average Bonchev–Trinajstić information content (AvgIpc) is 2.35. The average molecular weight is 252 g/mol. The van der Waals surface area contributed by atoms with Crippen LogP contribution in [0.2, 0.25) is 0 Å². The van der Waals surface area contributed by atoms with Crippen LogP contribution < -0.4 is 11.1 Å². The highest BCUT2D eigenvalue weighted by Gasteiger charge is 2.08. The van der Waals surface area contributed by atoms with E-state index in [0.29, 0.717) is 17.2 Å². The van der Waals surface area contributed by atoms with Crippen molar-refractivity contribution in [2.45, 2.75) is 46.5 Å². The summed E-state index contributed by atoms with van der Waals surface area (Å²) in [5.74, 6) is 0.422. The maximum Gasteiger partial charge on any atom is 0.128 e. The van der Waals surface area contributed by atoms with Gasteiger partial charge in [0.05, 0.1) is 11.4 Å². The number of nitrogens with two attached hydrogens (primary N) is 1. The van der Waals surface area contributed by atoms with Gasteiger partial charge in [0.1, 0.15) is 5.82 Å². The standard InChI is InChI=1S/C15H25FN2/c1-4-6-7-12(5-2)10-18-15-8-11(3)13(16)9-14(15)17/h8-9,12,18H,4-7,10,17H2,1-3H3. The molecule has 1 aromatic rings. The SMILES string of the molecule is CCCCC(CC)CNc1cc(C)c(F)cc1N. The molecule has 0 aliphatic rings. The lowest BCUT2D eigenvalue weighted by Gasteiger charge is -2.17. The zero-order valence-electron chi connectivity index (χ0n) is 11.7. The Balaban J connectivity index is 2.59. The number of nitrogens with one attached hydrogen (secondary N) is 1. The number of rotatable bonds is 7. The van der Waals surface area contributed by atoms with E-state index >= 15 is 0 Å². The third-order valence-electron chi connectivity index (χ3n) is 3.46. The van der Waals surface area contributed by atoms with Gasteiger partial charge in [-0.05, 0) is 37.0 Å². The van der Waals surface area contributed by atoms with Crippen molar-refractivity contribution in [1.82, 2.24) is 0 Å². The van der Waals surface area contributed by atoms with Crippen LogP contribution in [0.25, 0.3) is 0 Å². The molecule has 3 heteroatoms. The van der Waals surface area contributed by atoms with Crippen LogP contribution in [0.4, 0.5) is 15.8 Å². The van der Waals surface area contributed by atoms with E-state index in [9.17, 15) is 4.39 Å². The van der Waals surface area contributed by atoms with Gasteiger partial charge in [-0.1, -0.05) is 33.1 Å². The molecular formula is C15H25FN2. The Kier molecular flexibility index (Phi) is 5.96. The smallest absolute Gasteiger partial charge is 0.128 e. The van der Waals surface area contributed by atoms with Gasteiger partial charge in [0.25, 0.3) is 0 Å². The number of anilines is 2. The molecule has 2 nitrogen and oxygen atoms in total. The molecule has 0 amide bonds. The summed E-state index contributed by atoms with van der Waals surface area (Å²) in [5.41, 5.74) is 7.79. The number of benzene rings is 1. The maximum atomic E-state index is 13.3. The van der Waals surface area contributed by atoms with Crippen LogP contribution in [-0.2, 0) is 0 Å². The van der Waals surface area contributed by atoms with Crippen molar-refractivity contribution in [3.63, 3.8) is 0 Å². The van der Waals surface area contributed by atoms with Crippen LogP contribution in [0.15, 0.2) is 12.1 Å². The van der Waals surface area contributed by atoms with Gasteiger partial charge < -0.3 is 11.1 Å². The van der Waals surface area contributed by atoms with Crippen molar-refractivity contribution in [3.05, 3.63) is 23.5 Å². The third kappa shape index (κ3) is 4.21. The van der Waals surface area contributed by atoms with Crippen LogP contribution in [0, 0.1) is 18.7 Å². The Morgan fingerprint density at radius 3 is 2.67 bits per heavy atom. The Labute approximate surface area is 110 Å². The number of halogens is 1. The van der Waals surface area contributed by atoms with E-state index in [1.54, 1.807) is 13.0 Å². The second-order valence-corrected chi connectivity index (χ2v) is 4.99. The first kappa shape index (κ1) is 14.8. The van der Waals surface area contributed by atoms with Gasteiger partial charge in [0.15, 0.2) is 0 Å². The van der Waals surface area contributed by atoms with Crippen LogP contribution in [0.5, 0.6) is 0 Å². The normalized spacial score (nSPS) is 12.4. The van der Waals surface area contributed by atoms with E-state index in [1.165, 1.54) is 25.3 Å². The molecule has 3 N–H and O–H groups in total. The monoisotopic (exact) mass is 252 g/mol. The van der Waals surface area contributed by atoms with Crippen molar-refractivity contribution in [2.24, 2.45) is 5.92 Å². The Hall–Kier alpha value is -1.25. The molecule has 0 spiro atoms. The second kappa shape index (κ2) is 7.24. The molecule has 102 valence electrons. The first-order valence-corrected chi connectivity index (χ1v) is 6.87. The predicted molar refractivity (Wildman–Crippen MR) is 77.3 cm³/mol. The molecule has 1 unspecified atom stereocenters. The molecule has 0 aliphatic heterocycles. The number of nitrogen functional groups attached to an aromatic ring is 1. The Bertz CT molecular complexity index is 377. The molecule has 1 aromatic carbocycles. The van der Waals surface area contributed by atoms with Gasteiger partial charge >= 0.3 is 0 Å². The minimum Gasteiger partial charge on any atom is -0.397 e. The molecule has 0 saturated carbocycles. The van der Waals surface area contributed by atoms with Gasteiger partial charge in [0.2, 0.25) is 0 Å². The molecule has 0 aliphatic carbocycles. The highest BCUT2D eigenvalue weighted by atomic mass is 19.1. The minimum absolute atomic E-state index is 0.240. The van der Waals surface area contributed by atoms with Crippen molar-refractivity contribution in [2.75, 3.05) is 17.6 Å². The molecule has 0 saturated heterocycles. The molecule has 1 rings (SSSR count). The summed E-state index contributed by atoms with van der Waals surface area (Å²) in [7, 11) is 0. The van der Waals surface area contributed by atoms with E-state index in [4.69, 9.17) is 5.73 Å². The van der Waals surface area contributed by atoms with Gasteiger partial charge in [-0.15, -0.1) is 0 Å². The van der Waals surface area contributed by atoms with Gasteiger partial charge in [-0.3, -0.25) is 0 Å². The first-order chi connectivity index (χ1) is 8.58. The van der Waals surface area contributed by atoms with Crippen LogP contribution in [0.3, 0.4) is 0 Å². The molecule has 0 aromatic heterocycles. The van der Waals surface area contributed by atoms with Crippen LogP contribution in [-0.4, -0.2) is 6.54 Å². The highest BCUT2D eigenvalue weighted by molar-refractivity contribution is 5.67. The number of hydrogen-bond donors (Lipinski definition) is 2. The van der Waals surface area contributed by atoms with Crippen molar-refractivity contribution >= 4 is 11.4 Å². The lowest BCUT2D eigenvalue weighted by molar-refractivity contribution is 0.473. The third-order valence-corrected chi connectivity index (χ3v) is 3.46. The molecule has 0 fully saturated rings. The van der Waals surface area contributed by atoms with Crippen molar-refractivity contribution in [1.29, 1.82) is 0 Å². The first-order valence-electron chi connectivity index (χ1n) is 6.87. The molecule has 0 heterocycles. The molecule has 18 heavy (non-hydrogen) atoms. The predicted octanol–water partition coefficient (Wildman–Crippen LogP) is 4.34. The summed E-state index contributed by atoms with van der Waals surface area (Å²) < 4.78 is 13.3. The lowest BCUT2D eigenvalue weighted by atomic mass is 9.99. The summed E-state index contributed by atoms with van der Waals surface area (Å²) in [5, 5.41) is 3.35. The maximum absolute atomic E-state index is 13.3. The van der Waals surface area contributed by atoms with E-state index < -0.39 is 0 Å². The quantitative estimate of drug-likeness (QED) is 0.708. The van der Waals surface area contributed by atoms with Crippen LogP contribution >= 0.6 is 0 Å². The summed E-state index contributed by atoms with van der Waals surface area (Å²) in [6.07, 6.45) is 4.89. The minimum atomic E-state index is -0.240. The van der Waals surface area contributed by atoms with Gasteiger partial charge in [-0.2, -0.15) is 0 Å². The molecule has 0 radical (unpaired) electrons. The van der Waals surface area contributed by atoms with Crippen molar-refractivity contribution in [3.8, 4) is 0 Å². The largest absolute Gasteiger partial charge is 0.397 e. The van der Waals surface area contributed by atoms with E-state index in [1.807, 2.05) is 0 Å². The fourth-order valence-corrected chi connectivity index (χ4v) is 2.05. The number of unbranched alkanes of at least 4 members (excludes halogenated alkanes) is 1. The fourth-order valence-electron chi connectivity index (χ4n) is 2.05. The Morgan fingerprint density at radius 1 is 1.33 bits per heavy atom. The van der Waals surface area contributed by atoms with Crippen LogP contribution in [0.1, 0.15) is 45.1 Å². The number of aryl methyl sites for hydroxylation is 1. The second-order valence-electron chi connectivity index (χ2n) is 4.99. The Morgan fingerprint density at radius 2 is 2.06 bits per heavy atom. The van der Waals surface area contributed by atoms with Gasteiger partial charge in [0, 0.05) is 6.54 Å². The summed E-state index contributed by atoms with van der Waals surface area (Å²) >= 11 is 0. The zero-order valence-corrected chi connectivity index (χ0v) is 11.7. The number of hydrogen-bond acceptors (Lipinski definition) is 2. The van der Waals surface area contributed by atoms with Gasteiger partial charge in [-0.25, -0.2) is 4.39 Å². The summed E-state index contributed by atoms with van der Waals surface area (Å²) in [4.78, 5) is 0. The van der Waals surface area contributed by atoms with E-state index in [2.05, 4.69) is 19.2 Å². The topological polar surface area (TPSA) is 38.0 Å². The van der Waals surface area contributed by atoms with E-state index in [-0.39, 0.29) is 5.82 Å². The lowest BCUT2D eigenvalue weighted by Crippen LogP contribution is -2.14. The molecule has 1 atom stereocenters. The zero-order chi connectivity index (χ0) is 13.5.